The molecule has 0 aliphatic carbocycles. The zero-order valence-corrected chi connectivity index (χ0v) is 13.9. The molecule has 2 aromatic carbocycles. The van der Waals surface area contributed by atoms with Crippen LogP contribution in [0.15, 0.2) is 59.8 Å². The molecule has 0 bridgehead atoms. The molecule has 0 saturated heterocycles. The molecule has 23 heavy (non-hydrogen) atoms. The van der Waals surface area contributed by atoms with Crippen molar-refractivity contribution in [1.82, 2.24) is 14.8 Å². The van der Waals surface area contributed by atoms with Crippen molar-refractivity contribution >= 4 is 17.5 Å². The fraction of sp³-hybridized carbons (Fsp3) is 0.167. The summed E-state index contributed by atoms with van der Waals surface area (Å²) in [5, 5.41) is 9.16. The van der Waals surface area contributed by atoms with E-state index in [-0.39, 0.29) is 5.78 Å². The van der Waals surface area contributed by atoms with Crippen LogP contribution in [-0.2, 0) is 7.05 Å². The van der Waals surface area contributed by atoms with E-state index < -0.39 is 0 Å². The first-order valence-corrected chi connectivity index (χ1v) is 8.31. The zero-order valence-electron chi connectivity index (χ0n) is 13.1. The second-order valence-corrected chi connectivity index (χ2v) is 6.25. The fourth-order valence-corrected chi connectivity index (χ4v) is 3.04. The smallest absolute Gasteiger partial charge is 0.191 e. The average Bonchev–Trinajstić information content (AvgIpc) is 2.95. The van der Waals surface area contributed by atoms with Crippen LogP contribution in [0.3, 0.4) is 0 Å². The molecule has 0 saturated carbocycles. The molecule has 0 aliphatic heterocycles. The van der Waals surface area contributed by atoms with Crippen molar-refractivity contribution in [3.05, 3.63) is 65.7 Å². The summed E-state index contributed by atoms with van der Waals surface area (Å²) in [6.45, 7) is 2.01. The number of hydrogen-bond donors (Lipinski definition) is 0. The Morgan fingerprint density at radius 3 is 2.43 bits per heavy atom. The van der Waals surface area contributed by atoms with Crippen molar-refractivity contribution in [2.24, 2.45) is 7.05 Å². The average molecular weight is 323 g/mol. The molecular weight excluding hydrogens is 306 g/mol. The van der Waals surface area contributed by atoms with E-state index in [1.54, 1.807) is 0 Å². The molecule has 0 aliphatic rings. The summed E-state index contributed by atoms with van der Waals surface area (Å²) < 4.78 is 1.92. The maximum Gasteiger partial charge on any atom is 0.191 e. The summed E-state index contributed by atoms with van der Waals surface area (Å²) >= 11 is 1.41. The highest BCUT2D eigenvalue weighted by molar-refractivity contribution is 7.99. The number of rotatable bonds is 5. The first-order valence-electron chi connectivity index (χ1n) is 7.32. The molecule has 0 spiro atoms. The summed E-state index contributed by atoms with van der Waals surface area (Å²) in [4.78, 5) is 12.2. The Bertz CT molecular complexity index is 810. The van der Waals surface area contributed by atoms with E-state index in [1.807, 2.05) is 73.1 Å². The van der Waals surface area contributed by atoms with E-state index in [9.17, 15) is 4.79 Å². The second-order valence-electron chi connectivity index (χ2n) is 5.31. The van der Waals surface area contributed by atoms with Gasteiger partial charge in [0.15, 0.2) is 16.8 Å². The van der Waals surface area contributed by atoms with Crippen molar-refractivity contribution in [2.45, 2.75) is 12.1 Å². The van der Waals surface area contributed by atoms with E-state index in [4.69, 9.17) is 0 Å². The quantitative estimate of drug-likeness (QED) is 0.530. The molecule has 0 N–H and O–H groups in total. The Hall–Kier alpha value is -2.40. The van der Waals surface area contributed by atoms with Gasteiger partial charge in [0, 0.05) is 18.2 Å². The van der Waals surface area contributed by atoms with Gasteiger partial charge in [0.2, 0.25) is 0 Å². The Morgan fingerprint density at radius 1 is 1.04 bits per heavy atom. The Balaban J connectivity index is 1.71. The van der Waals surface area contributed by atoms with Crippen LogP contribution in [0.2, 0.25) is 0 Å². The molecule has 3 rings (SSSR count). The molecule has 5 heteroatoms. The molecule has 0 amide bonds. The van der Waals surface area contributed by atoms with Crippen molar-refractivity contribution in [3.63, 3.8) is 0 Å². The maximum atomic E-state index is 12.2. The third-order valence-electron chi connectivity index (χ3n) is 3.57. The third kappa shape index (κ3) is 3.51. The Kier molecular flexibility index (Phi) is 4.57. The van der Waals surface area contributed by atoms with Gasteiger partial charge in [-0.15, -0.1) is 10.2 Å². The first kappa shape index (κ1) is 15.5. The number of benzene rings is 2. The number of Topliss-reactive ketones (excluding diaryl/α,β-unsaturated/α-hetero) is 1. The van der Waals surface area contributed by atoms with E-state index in [2.05, 4.69) is 10.2 Å². The van der Waals surface area contributed by atoms with Gasteiger partial charge >= 0.3 is 0 Å². The number of aromatic nitrogens is 3. The second kappa shape index (κ2) is 6.79. The van der Waals surface area contributed by atoms with Gasteiger partial charge in [0.1, 0.15) is 0 Å². The number of carbonyl (C=O) groups excluding carboxylic acids is 1. The predicted octanol–water partition coefficient (Wildman–Crippen LogP) is 3.77. The minimum absolute atomic E-state index is 0.0965. The molecular formula is C18H17N3OS. The lowest BCUT2D eigenvalue weighted by molar-refractivity contribution is 0.102. The van der Waals surface area contributed by atoms with Gasteiger partial charge in [0.25, 0.3) is 0 Å². The first-order chi connectivity index (χ1) is 11.1. The molecule has 4 nitrogen and oxygen atoms in total. The maximum absolute atomic E-state index is 12.2. The summed E-state index contributed by atoms with van der Waals surface area (Å²) in [5.74, 6) is 1.25. The van der Waals surface area contributed by atoms with Crippen LogP contribution in [0.1, 0.15) is 15.9 Å². The predicted molar refractivity (Wildman–Crippen MR) is 92.7 cm³/mol. The molecule has 3 aromatic rings. The SMILES string of the molecule is Cc1ccc(C(=O)CSc2nnc(-c3ccccc3)n2C)cc1. The van der Waals surface area contributed by atoms with Crippen LogP contribution in [0.25, 0.3) is 11.4 Å². The van der Waals surface area contributed by atoms with Crippen molar-refractivity contribution in [1.29, 1.82) is 0 Å². The number of hydrogen-bond acceptors (Lipinski definition) is 4. The van der Waals surface area contributed by atoms with Gasteiger partial charge in [-0.2, -0.15) is 0 Å². The number of aryl methyl sites for hydroxylation is 1. The largest absolute Gasteiger partial charge is 0.305 e. The molecule has 1 heterocycles. The van der Waals surface area contributed by atoms with Crippen LogP contribution in [0, 0.1) is 6.92 Å². The van der Waals surface area contributed by atoms with Crippen LogP contribution in [-0.4, -0.2) is 26.3 Å². The minimum atomic E-state index is 0.0965. The van der Waals surface area contributed by atoms with E-state index in [0.717, 1.165) is 27.7 Å². The van der Waals surface area contributed by atoms with Crippen LogP contribution < -0.4 is 0 Å². The summed E-state index contributed by atoms with van der Waals surface area (Å²) in [5.41, 5.74) is 2.89. The van der Waals surface area contributed by atoms with Gasteiger partial charge < -0.3 is 4.57 Å². The topological polar surface area (TPSA) is 47.8 Å². The van der Waals surface area contributed by atoms with Gasteiger partial charge in [-0.05, 0) is 6.92 Å². The van der Waals surface area contributed by atoms with Crippen LogP contribution >= 0.6 is 11.8 Å². The summed E-state index contributed by atoms with van der Waals surface area (Å²) in [6, 6.07) is 17.5. The number of carbonyl (C=O) groups is 1. The molecule has 1 aromatic heterocycles. The van der Waals surface area contributed by atoms with Crippen molar-refractivity contribution in [2.75, 3.05) is 5.75 Å². The van der Waals surface area contributed by atoms with E-state index in [0.29, 0.717) is 5.75 Å². The van der Waals surface area contributed by atoms with E-state index in [1.165, 1.54) is 11.8 Å². The minimum Gasteiger partial charge on any atom is -0.305 e. The highest BCUT2D eigenvalue weighted by Gasteiger charge is 2.13. The molecule has 0 fully saturated rings. The molecule has 0 unspecified atom stereocenters. The van der Waals surface area contributed by atoms with Crippen molar-refractivity contribution in [3.8, 4) is 11.4 Å². The van der Waals surface area contributed by atoms with Gasteiger partial charge in [-0.25, -0.2) is 0 Å². The van der Waals surface area contributed by atoms with Gasteiger partial charge in [0.05, 0.1) is 5.75 Å². The lowest BCUT2D eigenvalue weighted by Gasteiger charge is -2.04. The Morgan fingerprint density at radius 2 is 1.74 bits per heavy atom. The van der Waals surface area contributed by atoms with Gasteiger partial charge in [-0.1, -0.05) is 71.9 Å². The normalized spacial score (nSPS) is 10.7. The van der Waals surface area contributed by atoms with Gasteiger partial charge in [-0.3, -0.25) is 4.79 Å². The fourth-order valence-electron chi connectivity index (χ4n) is 2.23. The zero-order chi connectivity index (χ0) is 16.2. The highest BCUT2D eigenvalue weighted by atomic mass is 32.2. The summed E-state index contributed by atoms with van der Waals surface area (Å²) in [6.07, 6.45) is 0. The summed E-state index contributed by atoms with van der Waals surface area (Å²) in [7, 11) is 1.92. The number of thioether (sulfide) groups is 1. The van der Waals surface area contributed by atoms with Crippen molar-refractivity contribution < 1.29 is 4.79 Å². The standard InChI is InChI=1S/C18H17N3OS/c1-13-8-10-14(11-9-13)16(22)12-23-18-20-19-17(21(18)2)15-6-4-3-5-7-15/h3-11H,12H2,1-2H3. The van der Waals surface area contributed by atoms with E-state index >= 15 is 0 Å². The molecule has 0 radical (unpaired) electrons. The number of ketones is 1. The molecule has 116 valence electrons. The lowest BCUT2D eigenvalue weighted by Crippen LogP contribution is -2.04. The lowest BCUT2D eigenvalue weighted by atomic mass is 10.1. The monoisotopic (exact) mass is 323 g/mol. The number of nitrogens with zero attached hydrogens (tertiary/aromatic N) is 3. The highest BCUT2D eigenvalue weighted by Crippen LogP contribution is 2.23. The third-order valence-corrected chi connectivity index (χ3v) is 4.59. The van der Waals surface area contributed by atoms with Crippen LogP contribution in [0.5, 0.6) is 0 Å². The Labute approximate surface area is 139 Å². The van der Waals surface area contributed by atoms with Crippen LogP contribution in [0.4, 0.5) is 0 Å². The molecule has 0 atom stereocenters.